The summed E-state index contributed by atoms with van der Waals surface area (Å²) in [7, 11) is 0. The highest BCUT2D eigenvalue weighted by molar-refractivity contribution is 5.70. The lowest BCUT2D eigenvalue weighted by Gasteiger charge is -2.39. The second-order valence-electron chi connectivity index (χ2n) is 7.86. The molecule has 0 unspecified atom stereocenters. The van der Waals surface area contributed by atoms with Crippen molar-refractivity contribution in [2.75, 3.05) is 6.54 Å². The Morgan fingerprint density at radius 2 is 1.65 bits per heavy atom. The average molecular weight is 326 g/mol. The minimum absolute atomic E-state index is 0.0819. The van der Waals surface area contributed by atoms with Gasteiger partial charge in [0.1, 0.15) is 11.2 Å². The van der Waals surface area contributed by atoms with Crippen LogP contribution in [-0.4, -0.2) is 46.9 Å². The van der Waals surface area contributed by atoms with Crippen LogP contribution in [0.25, 0.3) is 0 Å². The van der Waals surface area contributed by atoms with Crippen molar-refractivity contribution in [1.29, 1.82) is 0 Å². The quantitative estimate of drug-likeness (QED) is 0.789. The summed E-state index contributed by atoms with van der Waals surface area (Å²) in [6.07, 6.45) is 2.37. The van der Waals surface area contributed by atoms with Crippen LogP contribution in [0.1, 0.15) is 54.4 Å². The zero-order valence-corrected chi connectivity index (χ0v) is 15.1. The fraction of sp³-hybridized carbons (Fsp3) is 0.765. The fourth-order valence-electron chi connectivity index (χ4n) is 2.36. The SMILES string of the molecule is C=C[C@@H]1CC[C@@H](NC(=O)OC(C)(C)C)CN1C(=O)OC(C)(C)C. The van der Waals surface area contributed by atoms with Crippen molar-refractivity contribution in [1.82, 2.24) is 10.2 Å². The zero-order chi connectivity index (χ0) is 17.8. The van der Waals surface area contributed by atoms with Crippen molar-refractivity contribution in [2.24, 2.45) is 0 Å². The zero-order valence-electron chi connectivity index (χ0n) is 15.1. The van der Waals surface area contributed by atoms with E-state index in [0.29, 0.717) is 6.54 Å². The molecule has 1 aliphatic rings. The Morgan fingerprint density at radius 1 is 1.09 bits per heavy atom. The number of hydrogen-bond donors (Lipinski definition) is 1. The molecule has 1 heterocycles. The lowest BCUT2D eigenvalue weighted by molar-refractivity contribution is 0.00909. The third-order valence-electron chi connectivity index (χ3n) is 3.25. The molecular weight excluding hydrogens is 296 g/mol. The molecule has 0 aromatic heterocycles. The number of piperidine rings is 1. The molecule has 1 rings (SSSR count). The van der Waals surface area contributed by atoms with Gasteiger partial charge in [-0.05, 0) is 54.4 Å². The second-order valence-corrected chi connectivity index (χ2v) is 7.86. The molecule has 0 saturated carbocycles. The molecule has 2 atom stereocenters. The van der Waals surface area contributed by atoms with Crippen LogP contribution in [0.5, 0.6) is 0 Å². The highest BCUT2D eigenvalue weighted by atomic mass is 16.6. The van der Waals surface area contributed by atoms with Crippen LogP contribution in [0.2, 0.25) is 0 Å². The molecule has 0 aromatic carbocycles. The molecule has 1 saturated heterocycles. The first-order valence-electron chi connectivity index (χ1n) is 8.03. The van der Waals surface area contributed by atoms with Gasteiger partial charge in [-0.1, -0.05) is 6.08 Å². The summed E-state index contributed by atoms with van der Waals surface area (Å²) in [4.78, 5) is 25.9. The smallest absolute Gasteiger partial charge is 0.410 e. The van der Waals surface area contributed by atoms with Crippen LogP contribution in [0, 0.1) is 0 Å². The summed E-state index contributed by atoms with van der Waals surface area (Å²) < 4.78 is 10.7. The lowest BCUT2D eigenvalue weighted by Crippen LogP contribution is -2.54. The first-order valence-corrected chi connectivity index (χ1v) is 8.03. The van der Waals surface area contributed by atoms with E-state index in [1.807, 2.05) is 41.5 Å². The van der Waals surface area contributed by atoms with Gasteiger partial charge in [-0.25, -0.2) is 9.59 Å². The highest BCUT2D eigenvalue weighted by Crippen LogP contribution is 2.21. The number of carbonyl (C=O) groups is 2. The van der Waals surface area contributed by atoms with Gasteiger partial charge in [0, 0.05) is 6.54 Å². The molecule has 1 aliphatic heterocycles. The van der Waals surface area contributed by atoms with Gasteiger partial charge in [-0.2, -0.15) is 0 Å². The van der Waals surface area contributed by atoms with Gasteiger partial charge in [0.25, 0.3) is 0 Å². The number of likely N-dealkylation sites (tertiary alicyclic amines) is 1. The number of carbonyl (C=O) groups excluding carboxylic acids is 2. The van der Waals surface area contributed by atoms with Crippen LogP contribution >= 0.6 is 0 Å². The molecular formula is C17H30N2O4. The molecule has 6 heteroatoms. The van der Waals surface area contributed by atoms with E-state index in [1.165, 1.54) is 0 Å². The minimum Gasteiger partial charge on any atom is -0.444 e. The van der Waals surface area contributed by atoms with Crippen molar-refractivity contribution in [3.8, 4) is 0 Å². The topological polar surface area (TPSA) is 67.9 Å². The number of hydrogen-bond acceptors (Lipinski definition) is 4. The normalized spacial score (nSPS) is 22.3. The highest BCUT2D eigenvalue weighted by Gasteiger charge is 2.34. The molecule has 132 valence electrons. The Hall–Kier alpha value is -1.72. The van der Waals surface area contributed by atoms with E-state index >= 15 is 0 Å². The maximum atomic E-state index is 12.4. The van der Waals surface area contributed by atoms with E-state index < -0.39 is 23.4 Å². The van der Waals surface area contributed by atoms with E-state index in [0.717, 1.165) is 12.8 Å². The predicted molar refractivity (Wildman–Crippen MR) is 89.3 cm³/mol. The van der Waals surface area contributed by atoms with Gasteiger partial charge in [-0.3, -0.25) is 4.90 Å². The molecule has 2 amide bonds. The van der Waals surface area contributed by atoms with E-state index in [2.05, 4.69) is 11.9 Å². The van der Waals surface area contributed by atoms with Crippen molar-refractivity contribution >= 4 is 12.2 Å². The molecule has 0 aromatic rings. The predicted octanol–water partition coefficient (Wildman–Crippen LogP) is 3.47. The third kappa shape index (κ3) is 6.93. The van der Waals surface area contributed by atoms with E-state index in [-0.39, 0.29) is 12.1 Å². The van der Waals surface area contributed by atoms with Crippen LogP contribution in [0.3, 0.4) is 0 Å². The Bertz CT molecular complexity index is 448. The van der Waals surface area contributed by atoms with Crippen LogP contribution in [0.4, 0.5) is 9.59 Å². The summed E-state index contributed by atoms with van der Waals surface area (Å²) in [5.74, 6) is 0. The van der Waals surface area contributed by atoms with Crippen LogP contribution in [-0.2, 0) is 9.47 Å². The molecule has 6 nitrogen and oxygen atoms in total. The molecule has 0 spiro atoms. The number of nitrogens with zero attached hydrogens (tertiary/aromatic N) is 1. The Kier molecular flexibility index (Phi) is 6.08. The number of nitrogens with one attached hydrogen (secondary N) is 1. The van der Waals surface area contributed by atoms with Crippen LogP contribution in [0.15, 0.2) is 12.7 Å². The molecule has 23 heavy (non-hydrogen) atoms. The lowest BCUT2D eigenvalue weighted by atomic mass is 9.99. The van der Waals surface area contributed by atoms with E-state index in [9.17, 15) is 9.59 Å². The number of ether oxygens (including phenoxy) is 2. The second kappa shape index (κ2) is 7.23. The Labute approximate surface area is 139 Å². The first kappa shape index (κ1) is 19.3. The summed E-state index contributed by atoms with van der Waals surface area (Å²) in [6, 6.07) is -0.241. The van der Waals surface area contributed by atoms with Gasteiger partial charge in [0.15, 0.2) is 0 Å². The molecule has 1 fully saturated rings. The van der Waals surface area contributed by atoms with Crippen LogP contribution < -0.4 is 5.32 Å². The fourth-order valence-corrected chi connectivity index (χ4v) is 2.36. The minimum atomic E-state index is -0.561. The molecule has 0 radical (unpaired) electrons. The maximum absolute atomic E-state index is 12.4. The summed E-state index contributed by atoms with van der Waals surface area (Å²) in [5, 5.41) is 2.82. The summed E-state index contributed by atoms with van der Waals surface area (Å²) in [5.41, 5.74) is -1.11. The van der Waals surface area contributed by atoms with E-state index in [1.54, 1.807) is 11.0 Å². The van der Waals surface area contributed by atoms with Crippen molar-refractivity contribution in [3.05, 3.63) is 12.7 Å². The standard InChI is InChI=1S/C17H30N2O4/c1-8-13-10-9-12(18-14(20)22-16(2,3)4)11-19(13)15(21)23-17(5,6)7/h8,12-13H,1,9-11H2,2-7H3,(H,18,20)/t12-,13-/m1/s1. The van der Waals surface area contributed by atoms with Gasteiger partial charge in [0.05, 0.1) is 12.1 Å². The largest absolute Gasteiger partial charge is 0.444 e. The summed E-state index contributed by atoms with van der Waals surface area (Å²) >= 11 is 0. The van der Waals surface area contributed by atoms with Gasteiger partial charge < -0.3 is 14.8 Å². The third-order valence-corrected chi connectivity index (χ3v) is 3.25. The Morgan fingerprint density at radius 3 is 2.13 bits per heavy atom. The monoisotopic (exact) mass is 326 g/mol. The van der Waals surface area contributed by atoms with E-state index in [4.69, 9.17) is 9.47 Å². The van der Waals surface area contributed by atoms with Gasteiger partial charge >= 0.3 is 12.2 Å². The van der Waals surface area contributed by atoms with Crippen molar-refractivity contribution < 1.29 is 19.1 Å². The Balaban J connectivity index is 2.68. The number of alkyl carbamates (subject to hydrolysis) is 1. The number of rotatable bonds is 2. The molecule has 0 bridgehead atoms. The molecule has 1 N–H and O–H groups in total. The number of amides is 2. The van der Waals surface area contributed by atoms with Crippen molar-refractivity contribution in [3.63, 3.8) is 0 Å². The molecule has 0 aliphatic carbocycles. The van der Waals surface area contributed by atoms with Crippen molar-refractivity contribution in [2.45, 2.75) is 77.7 Å². The first-order chi connectivity index (χ1) is 10.4. The average Bonchev–Trinajstić information content (AvgIpc) is 2.34. The van der Waals surface area contributed by atoms with Gasteiger partial charge in [-0.15, -0.1) is 6.58 Å². The maximum Gasteiger partial charge on any atom is 0.410 e. The summed E-state index contributed by atoms with van der Waals surface area (Å²) in [6.45, 7) is 15.1. The van der Waals surface area contributed by atoms with Gasteiger partial charge in [0.2, 0.25) is 0 Å².